The van der Waals surface area contributed by atoms with Gasteiger partial charge in [-0.2, -0.15) is 0 Å². The van der Waals surface area contributed by atoms with Gasteiger partial charge >= 0.3 is 12.1 Å². The second kappa shape index (κ2) is 18.8. The normalized spacial score (nSPS) is 21.6. The summed E-state index contributed by atoms with van der Waals surface area (Å²) in [5.41, 5.74) is 6.65. The van der Waals surface area contributed by atoms with Crippen LogP contribution in [0, 0.1) is 18.3 Å². The number of likely N-dealkylation sites (tertiary alicyclic amines) is 1. The second-order valence-electron chi connectivity index (χ2n) is 17.0. The number of hydrogen-bond donors (Lipinski definition) is 1. The lowest BCUT2D eigenvalue weighted by molar-refractivity contribution is -0.170. The third-order valence-electron chi connectivity index (χ3n) is 12.7. The molecule has 11 heteroatoms. The Morgan fingerprint density at radius 3 is 2.26 bits per heavy atom. The van der Waals surface area contributed by atoms with E-state index in [0.717, 1.165) is 59.1 Å². The third kappa shape index (κ3) is 9.80. The summed E-state index contributed by atoms with van der Waals surface area (Å²) in [6.07, 6.45) is 4.75. The van der Waals surface area contributed by atoms with Crippen LogP contribution in [0.4, 0.5) is 4.79 Å². The SMILES string of the molecule is C=C(C)[C@@H]1CC2(CCN(S(=O)(=O)C3CCN(C(=O)OCc4ccccc4)CC3)CC2)[C@@H](CCCC)O[C@H]1c1c(C)cc(-c2ccc(C(C)C)cc2)cc1OCC(=O)O. The fourth-order valence-electron chi connectivity index (χ4n) is 9.24. The first kappa shape index (κ1) is 43.4. The number of ether oxygens (including phenoxy) is 3. The smallest absolute Gasteiger partial charge is 0.410 e. The van der Waals surface area contributed by atoms with Crippen molar-refractivity contribution in [2.75, 3.05) is 32.8 Å². The highest BCUT2D eigenvalue weighted by molar-refractivity contribution is 7.89. The van der Waals surface area contributed by atoms with Crippen LogP contribution in [0.2, 0.25) is 0 Å². The Labute approximate surface area is 345 Å². The Balaban J connectivity index is 1.18. The van der Waals surface area contributed by atoms with Gasteiger partial charge in [0.2, 0.25) is 10.0 Å². The number of carbonyl (C=O) groups excluding carboxylic acids is 1. The van der Waals surface area contributed by atoms with Crippen LogP contribution in [0.15, 0.2) is 78.9 Å². The Kier molecular flexibility index (Phi) is 14.1. The highest BCUT2D eigenvalue weighted by Crippen LogP contribution is 2.56. The number of benzene rings is 3. The number of piperidine rings is 2. The predicted molar refractivity (Wildman–Crippen MR) is 227 cm³/mol. The Hall–Kier alpha value is -4.19. The van der Waals surface area contributed by atoms with Crippen molar-refractivity contribution in [3.8, 4) is 16.9 Å². The Morgan fingerprint density at radius 2 is 1.66 bits per heavy atom. The fraction of sp³-hybridized carbons (Fsp3) is 0.532. The van der Waals surface area contributed by atoms with Crippen molar-refractivity contribution in [1.82, 2.24) is 9.21 Å². The van der Waals surface area contributed by atoms with Crippen LogP contribution in [0.1, 0.15) is 113 Å². The average Bonchev–Trinajstić information content (AvgIpc) is 3.22. The molecule has 3 aromatic carbocycles. The zero-order chi connectivity index (χ0) is 41.6. The zero-order valence-corrected chi connectivity index (χ0v) is 35.8. The van der Waals surface area contributed by atoms with Crippen LogP contribution in [0.3, 0.4) is 0 Å². The molecule has 0 aromatic heterocycles. The third-order valence-corrected chi connectivity index (χ3v) is 15.1. The van der Waals surface area contributed by atoms with Crippen molar-refractivity contribution < 1.29 is 37.3 Å². The topological polar surface area (TPSA) is 123 Å². The van der Waals surface area contributed by atoms with E-state index >= 15 is 0 Å². The minimum absolute atomic E-state index is 0.0888. The molecule has 10 nitrogen and oxygen atoms in total. The summed E-state index contributed by atoms with van der Waals surface area (Å²) < 4.78 is 48.8. The van der Waals surface area contributed by atoms with Gasteiger partial charge in [-0.25, -0.2) is 22.3 Å². The number of carboxylic acids is 1. The van der Waals surface area contributed by atoms with Crippen molar-refractivity contribution in [3.05, 3.63) is 101 Å². The van der Waals surface area contributed by atoms with E-state index in [0.29, 0.717) is 63.5 Å². The van der Waals surface area contributed by atoms with E-state index in [9.17, 15) is 23.1 Å². The number of carbonyl (C=O) groups is 2. The van der Waals surface area contributed by atoms with Crippen LogP contribution in [0.5, 0.6) is 5.75 Å². The van der Waals surface area contributed by atoms with Crippen LogP contribution >= 0.6 is 0 Å². The highest BCUT2D eigenvalue weighted by Gasteiger charge is 2.52. The van der Waals surface area contributed by atoms with E-state index in [1.165, 1.54) is 5.56 Å². The molecule has 0 saturated carbocycles. The number of nitrogens with zero attached hydrogens (tertiary/aromatic N) is 2. The number of rotatable bonds is 14. The second-order valence-corrected chi connectivity index (χ2v) is 19.3. The van der Waals surface area contributed by atoms with Gasteiger partial charge in [0.05, 0.1) is 17.5 Å². The Bertz CT molecular complexity index is 2000. The summed E-state index contributed by atoms with van der Waals surface area (Å²) in [6.45, 7) is 16.2. The van der Waals surface area contributed by atoms with E-state index in [1.54, 1.807) is 9.21 Å². The van der Waals surface area contributed by atoms with Crippen molar-refractivity contribution in [2.45, 2.75) is 116 Å². The van der Waals surface area contributed by atoms with Gasteiger partial charge in [0.1, 0.15) is 12.4 Å². The lowest BCUT2D eigenvalue weighted by Gasteiger charge is -2.54. The zero-order valence-electron chi connectivity index (χ0n) is 35.0. The lowest BCUT2D eigenvalue weighted by atomic mass is 9.63. The summed E-state index contributed by atoms with van der Waals surface area (Å²) in [7, 11) is -3.59. The molecule has 3 aliphatic rings. The predicted octanol–water partition coefficient (Wildman–Crippen LogP) is 9.67. The van der Waals surface area contributed by atoms with Gasteiger partial charge in [0, 0.05) is 37.7 Å². The molecule has 3 aliphatic heterocycles. The van der Waals surface area contributed by atoms with Gasteiger partial charge in [-0.1, -0.05) is 106 Å². The number of hydrogen-bond acceptors (Lipinski definition) is 7. The standard InChI is InChI=1S/C47H62N2O8S/c1-7-8-14-42-47(21-25-49(26-22-47)58(53,54)39-19-23-48(24-20-39)46(52)56-30-35-12-10-9-11-13-35)29-40(33(4)5)45(57-42)44-34(6)27-38(28-41(44)55-31-43(50)51)37-17-15-36(16-18-37)32(2)3/h9-13,15-18,27-28,32,39-40,42,45H,4,7-8,14,19-26,29-31H2,1-3,5-6H3,(H,50,51)/t40-,42+,45+/m0/s1. The molecule has 3 fully saturated rings. The summed E-state index contributed by atoms with van der Waals surface area (Å²) in [4.78, 5) is 26.2. The molecule has 1 spiro atoms. The number of sulfonamides is 1. The molecule has 3 heterocycles. The first-order valence-electron chi connectivity index (χ1n) is 21.1. The first-order valence-corrected chi connectivity index (χ1v) is 22.6. The average molecular weight is 815 g/mol. The molecule has 1 amide bonds. The first-order chi connectivity index (χ1) is 27.7. The van der Waals surface area contributed by atoms with E-state index < -0.39 is 40.0 Å². The van der Waals surface area contributed by atoms with Gasteiger partial charge in [-0.3, -0.25) is 0 Å². The molecular weight excluding hydrogens is 753 g/mol. The molecule has 3 atom stereocenters. The molecule has 58 heavy (non-hydrogen) atoms. The van der Waals surface area contributed by atoms with E-state index in [1.807, 2.05) is 50.2 Å². The molecule has 1 N–H and O–H groups in total. The van der Waals surface area contributed by atoms with Crippen LogP contribution < -0.4 is 4.74 Å². The number of aliphatic carboxylic acids is 1. The molecule has 0 unspecified atom stereocenters. The minimum Gasteiger partial charge on any atom is -0.481 e. The van der Waals surface area contributed by atoms with Gasteiger partial charge < -0.3 is 24.2 Å². The van der Waals surface area contributed by atoms with E-state index in [-0.39, 0.29) is 24.0 Å². The number of amides is 1. The minimum atomic E-state index is -3.59. The van der Waals surface area contributed by atoms with Crippen LogP contribution in [0.25, 0.3) is 11.1 Å². The number of unbranched alkanes of at least 4 members (excludes halogenated alkanes) is 1. The molecule has 0 radical (unpaired) electrons. The maximum atomic E-state index is 14.1. The van der Waals surface area contributed by atoms with E-state index in [2.05, 4.69) is 57.7 Å². The van der Waals surface area contributed by atoms with Gasteiger partial charge in [0.25, 0.3) is 0 Å². The van der Waals surface area contributed by atoms with E-state index in [4.69, 9.17) is 14.2 Å². The van der Waals surface area contributed by atoms with Crippen molar-refractivity contribution in [1.29, 1.82) is 0 Å². The quantitative estimate of drug-likeness (QED) is 0.160. The van der Waals surface area contributed by atoms with Crippen molar-refractivity contribution in [2.24, 2.45) is 11.3 Å². The van der Waals surface area contributed by atoms with Crippen molar-refractivity contribution >= 4 is 22.1 Å². The van der Waals surface area contributed by atoms with Gasteiger partial charge in [-0.15, -0.1) is 0 Å². The summed E-state index contributed by atoms with van der Waals surface area (Å²) in [5, 5.41) is 9.13. The lowest BCUT2D eigenvalue weighted by Crippen LogP contribution is -2.55. The number of carboxylic acid groups (broad SMARTS) is 1. The molecule has 3 aromatic rings. The molecule has 6 rings (SSSR count). The Morgan fingerprint density at radius 1 is 0.983 bits per heavy atom. The van der Waals surface area contributed by atoms with Crippen LogP contribution in [-0.2, 0) is 30.9 Å². The fourth-order valence-corrected chi connectivity index (χ4v) is 11.2. The number of aryl methyl sites for hydroxylation is 1. The molecular formula is C47H62N2O8S. The van der Waals surface area contributed by atoms with Crippen molar-refractivity contribution in [3.63, 3.8) is 0 Å². The largest absolute Gasteiger partial charge is 0.481 e. The highest BCUT2D eigenvalue weighted by atomic mass is 32.2. The molecule has 0 aliphatic carbocycles. The van der Waals surface area contributed by atoms with Gasteiger partial charge in [0.15, 0.2) is 6.61 Å². The summed E-state index contributed by atoms with van der Waals surface area (Å²) in [5.74, 6) is -0.231. The monoisotopic (exact) mass is 814 g/mol. The molecule has 0 bridgehead atoms. The molecule has 3 saturated heterocycles. The summed E-state index contributed by atoms with van der Waals surface area (Å²) in [6, 6.07) is 22.1. The van der Waals surface area contributed by atoms with Crippen LogP contribution in [-0.4, -0.2) is 78.9 Å². The molecule has 314 valence electrons. The van der Waals surface area contributed by atoms with Gasteiger partial charge in [-0.05, 0) is 97.6 Å². The summed E-state index contributed by atoms with van der Waals surface area (Å²) >= 11 is 0. The maximum absolute atomic E-state index is 14.1. The maximum Gasteiger partial charge on any atom is 0.410 e.